The van der Waals surface area contributed by atoms with E-state index in [9.17, 15) is 4.79 Å². The Morgan fingerprint density at radius 1 is 1.11 bits per heavy atom. The van der Waals surface area contributed by atoms with Crippen LogP contribution in [0.3, 0.4) is 0 Å². The zero-order valence-corrected chi connectivity index (χ0v) is 16.5. The van der Waals surface area contributed by atoms with Gasteiger partial charge in [-0.25, -0.2) is 0 Å². The van der Waals surface area contributed by atoms with Crippen molar-refractivity contribution in [3.05, 3.63) is 71.3 Å². The maximum Gasteiger partial charge on any atom is 0.188 e. The van der Waals surface area contributed by atoms with Crippen molar-refractivity contribution in [3.8, 4) is 5.75 Å². The first-order valence-electron chi connectivity index (χ1n) is 9.32. The first kappa shape index (κ1) is 19.5. The monoisotopic (exact) mass is 382 g/mol. The molecule has 0 radical (unpaired) electrons. The summed E-state index contributed by atoms with van der Waals surface area (Å²) in [5, 5.41) is 4.11. The van der Waals surface area contributed by atoms with Crippen molar-refractivity contribution >= 4 is 23.2 Å². The summed E-state index contributed by atoms with van der Waals surface area (Å²) in [6.07, 6.45) is 6.20. The number of anilines is 1. The molecule has 0 aromatic heterocycles. The molecule has 0 spiro atoms. The van der Waals surface area contributed by atoms with Crippen molar-refractivity contribution in [2.45, 2.75) is 12.8 Å². The molecule has 142 valence electrons. The molecular formula is C22H26N2O2S. The van der Waals surface area contributed by atoms with Crippen molar-refractivity contribution in [2.24, 2.45) is 0 Å². The van der Waals surface area contributed by atoms with Gasteiger partial charge in [-0.1, -0.05) is 30.3 Å². The summed E-state index contributed by atoms with van der Waals surface area (Å²) < 4.78 is 5.83. The van der Waals surface area contributed by atoms with Crippen LogP contribution < -0.4 is 10.1 Å². The summed E-state index contributed by atoms with van der Waals surface area (Å²) in [7, 11) is 0. The number of carbonyl (C=O) groups excluding carboxylic acids is 1. The number of nitrogens with one attached hydrogen (secondary N) is 1. The summed E-state index contributed by atoms with van der Waals surface area (Å²) in [5.74, 6) is 0.865. The minimum Gasteiger partial charge on any atom is -0.492 e. The smallest absolute Gasteiger partial charge is 0.188 e. The van der Waals surface area contributed by atoms with Crippen LogP contribution in [0.2, 0.25) is 0 Å². The maximum absolute atomic E-state index is 12.3. The van der Waals surface area contributed by atoms with Crippen LogP contribution in [0, 0.1) is 0 Å². The molecule has 0 amide bonds. The quantitative estimate of drug-likeness (QED) is 0.505. The first-order chi connectivity index (χ1) is 13.2. The molecule has 0 bridgehead atoms. The molecule has 0 atom stereocenters. The molecule has 1 N–H and O–H groups in total. The van der Waals surface area contributed by atoms with Crippen LogP contribution in [0.15, 0.2) is 65.7 Å². The van der Waals surface area contributed by atoms with Gasteiger partial charge in [0.05, 0.1) is 5.03 Å². The molecule has 4 nitrogen and oxygen atoms in total. The van der Waals surface area contributed by atoms with Crippen molar-refractivity contribution in [1.82, 2.24) is 4.90 Å². The topological polar surface area (TPSA) is 41.6 Å². The average Bonchev–Trinajstić information content (AvgIpc) is 3.23. The number of hydrogen-bond acceptors (Lipinski definition) is 5. The molecule has 1 fully saturated rings. The Bertz CT molecular complexity index is 754. The van der Waals surface area contributed by atoms with Gasteiger partial charge in [0.15, 0.2) is 5.78 Å². The third kappa shape index (κ3) is 6.15. The Hall–Kier alpha value is -2.24. The lowest BCUT2D eigenvalue weighted by molar-refractivity contribution is 0.104. The van der Waals surface area contributed by atoms with Gasteiger partial charge < -0.3 is 10.1 Å². The summed E-state index contributed by atoms with van der Waals surface area (Å²) in [5.41, 5.74) is 1.62. The summed E-state index contributed by atoms with van der Waals surface area (Å²) in [6.45, 7) is 4.09. The van der Waals surface area contributed by atoms with Crippen LogP contribution in [-0.4, -0.2) is 43.2 Å². The van der Waals surface area contributed by atoms with Gasteiger partial charge in [-0.2, -0.15) is 0 Å². The largest absolute Gasteiger partial charge is 0.492 e. The number of likely N-dealkylation sites (tertiary alicyclic amines) is 1. The Labute approximate surface area is 165 Å². The molecule has 1 saturated heterocycles. The van der Waals surface area contributed by atoms with Gasteiger partial charge in [-0.3, -0.25) is 9.69 Å². The third-order valence-corrected chi connectivity index (χ3v) is 5.20. The molecule has 2 aromatic rings. The first-order valence-corrected chi connectivity index (χ1v) is 10.5. The number of allylic oxidation sites excluding steroid dienone is 1. The van der Waals surface area contributed by atoms with Crippen molar-refractivity contribution in [1.29, 1.82) is 0 Å². The van der Waals surface area contributed by atoms with Crippen LogP contribution in [0.5, 0.6) is 5.75 Å². The van der Waals surface area contributed by atoms with Crippen molar-refractivity contribution in [2.75, 3.05) is 37.8 Å². The van der Waals surface area contributed by atoms with Crippen molar-refractivity contribution in [3.63, 3.8) is 0 Å². The fraction of sp³-hybridized carbons (Fsp3) is 0.318. The molecule has 1 aliphatic heterocycles. The SMILES string of the molecule is CS/C(=C/C(=O)c1ccccc1)Nc1ccc(OCCN2CCCC2)cc1. The molecule has 5 heteroatoms. The normalized spacial score (nSPS) is 14.9. The van der Waals surface area contributed by atoms with E-state index in [-0.39, 0.29) is 5.78 Å². The van der Waals surface area contributed by atoms with Gasteiger partial charge in [0.25, 0.3) is 0 Å². The Morgan fingerprint density at radius 3 is 2.48 bits per heavy atom. The minimum atomic E-state index is -0.00526. The molecule has 0 saturated carbocycles. The predicted molar refractivity (Wildman–Crippen MR) is 114 cm³/mol. The van der Waals surface area contributed by atoms with Gasteiger partial charge in [0.2, 0.25) is 0 Å². The molecule has 3 rings (SSSR count). The molecule has 2 aromatic carbocycles. The number of thioether (sulfide) groups is 1. The number of carbonyl (C=O) groups is 1. The van der Waals surface area contributed by atoms with Gasteiger partial charge in [-0.15, -0.1) is 11.8 Å². The van der Waals surface area contributed by atoms with Gasteiger partial charge in [-0.05, 0) is 56.5 Å². The van der Waals surface area contributed by atoms with Gasteiger partial charge >= 0.3 is 0 Å². The Kier molecular flexibility index (Phi) is 7.36. The van der Waals surface area contributed by atoms with Crippen LogP contribution in [0.4, 0.5) is 5.69 Å². The molecular weight excluding hydrogens is 356 g/mol. The number of ketones is 1. The number of nitrogens with zero attached hydrogens (tertiary/aromatic N) is 1. The van der Waals surface area contributed by atoms with E-state index in [0.717, 1.165) is 23.0 Å². The third-order valence-electron chi connectivity index (χ3n) is 4.54. The van der Waals surface area contributed by atoms with E-state index in [4.69, 9.17) is 4.74 Å². The zero-order chi connectivity index (χ0) is 18.9. The second-order valence-electron chi connectivity index (χ2n) is 6.49. The van der Waals surface area contributed by atoms with E-state index in [0.29, 0.717) is 12.2 Å². The maximum atomic E-state index is 12.3. The van der Waals surface area contributed by atoms with Gasteiger partial charge in [0, 0.05) is 23.9 Å². The number of benzene rings is 2. The lowest BCUT2D eigenvalue weighted by atomic mass is 10.1. The highest BCUT2D eigenvalue weighted by Crippen LogP contribution is 2.21. The summed E-state index contributed by atoms with van der Waals surface area (Å²) >= 11 is 1.51. The van der Waals surface area contributed by atoms with E-state index in [2.05, 4.69) is 10.2 Å². The van der Waals surface area contributed by atoms with Crippen molar-refractivity contribution < 1.29 is 9.53 Å². The second-order valence-corrected chi connectivity index (χ2v) is 7.34. The highest BCUT2D eigenvalue weighted by molar-refractivity contribution is 8.02. The molecule has 0 unspecified atom stereocenters. The van der Waals surface area contributed by atoms with E-state index in [1.165, 1.54) is 37.7 Å². The van der Waals surface area contributed by atoms with Crippen LogP contribution >= 0.6 is 11.8 Å². The molecule has 0 aliphatic carbocycles. The van der Waals surface area contributed by atoms with Gasteiger partial charge in [0.1, 0.15) is 12.4 Å². The second kappa shape index (κ2) is 10.2. The zero-order valence-electron chi connectivity index (χ0n) is 15.7. The van der Waals surface area contributed by atoms with E-state index in [1.807, 2.05) is 60.9 Å². The van der Waals surface area contributed by atoms with E-state index < -0.39 is 0 Å². The van der Waals surface area contributed by atoms with E-state index >= 15 is 0 Å². The molecule has 1 heterocycles. The molecule has 1 aliphatic rings. The minimum absolute atomic E-state index is 0.00526. The fourth-order valence-electron chi connectivity index (χ4n) is 3.03. The average molecular weight is 383 g/mol. The lowest BCUT2D eigenvalue weighted by Crippen LogP contribution is -2.25. The highest BCUT2D eigenvalue weighted by atomic mass is 32.2. The van der Waals surface area contributed by atoms with Crippen LogP contribution in [-0.2, 0) is 0 Å². The van der Waals surface area contributed by atoms with E-state index in [1.54, 1.807) is 6.08 Å². The predicted octanol–water partition coefficient (Wildman–Crippen LogP) is 4.66. The van der Waals surface area contributed by atoms with Crippen LogP contribution in [0.1, 0.15) is 23.2 Å². The number of hydrogen-bond donors (Lipinski definition) is 1. The highest BCUT2D eigenvalue weighted by Gasteiger charge is 2.10. The summed E-state index contributed by atoms with van der Waals surface area (Å²) in [6, 6.07) is 17.2. The Balaban J connectivity index is 1.52. The number of rotatable bonds is 9. The Morgan fingerprint density at radius 2 is 1.81 bits per heavy atom. The number of ether oxygens (including phenoxy) is 1. The van der Waals surface area contributed by atoms with Crippen LogP contribution in [0.25, 0.3) is 0 Å². The lowest BCUT2D eigenvalue weighted by Gasteiger charge is -2.15. The summed E-state index contributed by atoms with van der Waals surface area (Å²) in [4.78, 5) is 14.8. The molecule has 27 heavy (non-hydrogen) atoms. The fourth-order valence-corrected chi connectivity index (χ4v) is 3.47. The standard InChI is InChI=1S/C22H26N2O2S/c1-27-22(17-21(25)18-7-3-2-4-8-18)23-19-9-11-20(12-10-19)26-16-15-24-13-5-6-14-24/h2-4,7-12,17,23H,5-6,13-16H2,1H3/b22-17+.